The first-order chi connectivity index (χ1) is 8.43. The second-order valence-corrected chi connectivity index (χ2v) is 4.12. The van der Waals surface area contributed by atoms with Gasteiger partial charge in [-0.3, -0.25) is 0 Å². The Hall–Kier alpha value is -1.23. The monoisotopic (exact) mass is 261 g/mol. The molecule has 1 rings (SSSR count). The van der Waals surface area contributed by atoms with Crippen molar-refractivity contribution in [2.24, 2.45) is 5.73 Å². The Kier molecular flexibility index (Phi) is 5.47. The fraction of sp³-hybridized carbons (Fsp3) is 0.538. The molecule has 0 saturated heterocycles. The van der Waals surface area contributed by atoms with Crippen LogP contribution in [0.1, 0.15) is 25.3 Å². The highest BCUT2D eigenvalue weighted by molar-refractivity contribution is 5.27. The summed E-state index contributed by atoms with van der Waals surface area (Å²) in [7, 11) is 0. The number of ether oxygens (including phenoxy) is 1. The third-order valence-corrected chi connectivity index (χ3v) is 2.64. The van der Waals surface area contributed by atoms with E-state index in [4.69, 9.17) is 10.5 Å². The predicted molar refractivity (Wildman–Crippen MR) is 64.6 cm³/mol. The molecule has 0 heterocycles. The summed E-state index contributed by atoms with van der Waals surface area (Å²) < 4.78 is 41.8. The van der Waals surface area contributed by atoms with E-state index < -0.39 is 12.2 Å². The largest absolute Gasteiger partial charge is 0.494 e. The number of hydrogen-bond donors (Lipinski definition) is 1. The van der Waals surface area contributed by atoms with Crippen molar-refractivity contribution in [2.75, 3.05) is 6.61 Å². The standard InChI is InChI=1S/C13H18F3NO/c1-2-18-11-8-6-10(7-9-11)4-3-5-12(17)13(14,15)16/h6-9,12H,2-5,17H2,1H3/t12-/m0/s1. The fourth-order valence-electron chi connectivity index (χ4n) is 1.61. The summed E-state index contributed by atoms with van der Waals surface area (Å²) in [5, 5.41) is 0. The van der Waals surface area contributed by atoms with Crippen LogP contribution in [0.25, 0.3) is 0 Å². The number of alkyl halides is 3. The molecule has 18 heavy (non-hydrogen) atoms. The van der Waals surface area contributed by atoms with Crippen molar-refractivity contribution in [1.82, 2.24) is 0 Å². The van der Waals surface area contributed by atoms with Crippen molar-refractivity contribution < 1.29 is 17.9 Å². The van der Waals surface area contributed by atoms with Crippen molar-refractivity contribution in [3.8, 4) is 5.75 Å². The summed E-state index contributed by atoms with van der Waals surface area (Å²) in [5.74, 6) is 0.772. The van der Waals surface area contributed by atoms with Crippen LogP contribution in [0.4, 0.5) is 13.2 Å². The Balaban J connectivity index is 2.35. The lowest BCUT2D eigenvalue weighted by Crippen LogP contribution is -2.37. The van der Waals surface area contributed by atoms with E-state index in [1.807, 2.05) is 31.2 Å². The van der Waals surface area contributed by atoms with Gasteiger partial charge < -0.3 is 10.5 Å². The third-order valence-electron chi connectivity index (χ3n) is 2.64. The van der Waals surface area contributed by atoms with Crippen LogP contribution < -0.4 is 10.5 Å². The molecule has 5 heteroatoms. The Bertz CT molecular complexity index is 348. The normalized spacial score (nSPS) is 13.4. The molecular weight excluding hydrogens is 243 g/mol. The van der Waals surface area contributed by atoms with Crippen molar-refractivity contribution >= 4 is 0 Å². The molecule has 0 aromatic heterocycles. The molecule has 0 unspecified atom stereocenters. The second-order valence-electron chi connectivity index (χ2n) is 4.12. The van der Waals surface area contributed by atoms with Crippen LogP contribution in [0.5, 0.6) is 5.75 Å². The second kappa shape index (κ2) is 6.64. The van der Waals surface area contributed by atoms with Crippen LogP contribution in [0.2, 0.25) is 0 Å². The van der Waals surface area contributed by atoms with E-state index >= 15 is 0 Å². The molecule has 2 N–H and O–H groups in total. The number of aryl methyl sites for hydroxylation is 1. The molecule has 0 aliphatic carbocycles. The Morgan fingerprint density at radius 1 is 1.22 bits per heavy atom. The van der Waals surface area contributed by atoms with Gasteiger partial charge in [0.25, 0.3) is 0 Å². The lowest BCUT2D eigenvalue weighted by Gasteiger charge is -2.15. The zero-order valence-electron chi connectivity index (χ0n) is 10.3. The first kappa shape index (κ1) is 14.8. The number of halogens is 3. The van der Waals surface area contributed by atoms with Gasteiger partial charge in [-0.15, -0.1) is 0 Å². The van der Waals surface area contributed by atoms with Gasteiger partial charge in [-0.25, -0.2) is 0 Å². The van der Waals surface area contributed by atoms with Gasteiger partial charge >= 0.3 is 6.18 Å². The Morgan fingerprint density at radius 2 is 1.83 bits per heavy atom. The molecule has 1 atom stereocenters. The van der Waals surface area contributed by atoms with Crippen LogP contribution in [-0.4, -0.2) is 18.8 Å². The molecule has 0 saturated carbocycles. The summed E-state index contributed by atoms with van der Waals surface area (Å²) >= 11 is 0. The molecule has 2 nitrogen and oxygen atoms in total. The third kappa shape index (κ3) is 4.96. The summed E-state index contributed by atoms with van der Waals surface area (Å²) in [6.45, 7) is 2.49. The fourth-order valence-corrected chi connectivity index (χ4v) is 1.61. The van der Waals surface area contributed by atoms with Crippen LogP contribution >= 0.6 is 0 Å². The van der Waals surface area contributed by atoms with Gasteiger partial charge in [0.1, 0.15) is 11.8 Å². The maximum absolute atomic E-state index is 12.2. The van der Waals surface area contributed by atoms with E-state index in [2.05, 4.69) is 0 Å². The van der Waals surface area contributed by atoms with Crippen LogP contribution in [0, 0.1) is 0 Å². The van der Waals surface area contributed by atoms with Crippen molar-refractivity contribution in [1.29, 1.82) is 0 Å². The zero-order valence-corrected chi connectivity index (χ0v) is 10.3. The minimum absolute atomic E-state index is 0.0449. The minimum atomic E-state index is -4.29. The number of rotatable bonds is 6. The topological polar surface area (TPSA) is 35.2 Å². The lowest BCUT2D eigenvalue weighted by atomic mass is 10.0. The molecule has 0 amide bonds. The number of hydrogen-bond acceptors (Lipinski definition) is 2. The van der Waals surface area contributed by atoms with Crippen molar-refractivity contribution in [3.63, 3.8) is 0 Å². The molecule has 0 aliphatic heterocycles. The highest BCUT2D eigenvalue weighted by Crippen LogP contribution is 2.22. The van der Waals surface area contributed by atoms with E-state index in [0.29, 0.717) is 19.4 Å². The molecule has 1 aromatic carbocycles. The molecule has 102 valence electrons. The minimum Gasteiger partial charge on any atom is -0.494 e. The van der Waals surface area contributed by atoms with Crippen LogP contribution in [0.15, 0.2) is 24.3 Å². The molecule has 1 aromatic rings. The van der Waals surface area contributed by atoms with E-state index in [9.17, 15) is 13.2 Å². The van der Waals surface area contributed by atoms with Crippen molar-refractivity contribution in [3.05, 3.63) is 29.8 Å². The summed E-state index contributed by atoms with van der Waals surface area (Å²) in [5.41, 5.74) is 6.03. The first-order valence-corrected chi connectivity index (χ1v) is 5.97. The van der Waals surface area contributed by atoms with Gasteiger partial charge in [-0.05, 0) is 43.9 Å². The first-order valence-electron chi connectivity index (χ1n) is 5.97. The predicted octanol–water partition coefficient (Wildman–Crippen LogP) is 3.30. The molecule has 0 aliphatic rings. The molecule has 0 radical (unpaired) electrons. The maximum atomic E-state index is 12.2. The zero-order chi connectivity index (χ0) is 13.6. The Labute approximate surface area is 105 Å². The van der Waals surface area contributed by atoms with Gasteiger partial charge in [0, 0.05) is 0 Å². The summed E-state index contributed by atoms with van der Waals surface area (Å²) in [6.07, 6.45) is -3.32. The van der Waals surface area contributed by atoms with E-state index in [-0.39, 0.29) is 6.42 Å². The highest BCUT2D eigenvalue weighted by atomic mass is 19.4. The van der Waals surface area contributed by atoms with Gasteiger partial charge in [0.05, 0.1) is 6.61 Å². The molecular formula is C13H18F3NO. The average molecular weight is 261 g/mol. The quantitative estimate of drug-likeness (QED) is 0.852. The smallest absolute Gasteiger partial charge is 0.403 e. The molecule has 0 fully saturated rings. The number of nitrogens with two attached hydrogens (primary N) is 1. The Morgan fingerprint density at radius 3 is 2.33 bits per heavy atom. The van der Waals surface area contributed by atoms with Crippen molar-refractivity contribution in [2.45, 2.75) is 38.4 Å². The van der Waals surface area contributed by atoms with Gasteiger partial charge in [-0.2, -0.15) is 13.2 Å². The van der Waals surface area contributed by atoms with E-state index in [1.54, 1.807) is 0 Å². The maximum Gasteiger partial charge on any atom is 0.403 e. The van der Waals surface area contributed by atoms with E-state index in [0.717, 1.165) is 11.3 Å². The summed E-state index contributed by atoms with van der Waals surface area (Å²) in [6, 6.07) is 5.65. The average Bonchev–Trinajstić information content (AvgIpc) is 2.30. The lowest BCUT2D eigenvalue weighted by molar-refractivity contribution is -0.149. The highest BCUT2D eigenvalue weighted by Gasteiger charge is 2.35. The summed E-state index contributed by atoms with van der Waals surface area (Å²) in [4.78, 5) is 0. The van der Waals surface area contributed by atoms with E-state index in [1.165, 1.54) is 0 Å². The van der Waals surface area contributed by atoms with Gasteiger partial charge in [0.2, 0.25) is 0 Å². The van der Waals surface area contributed by atoms with Crippen LogP contribution in [0.3, 0.4) is 0 Å². The van der Waals surface area contributed by atoms with Gasteiger partial charge in [0.15, 0.2) is 0 Å². The number of benzene rings is 1. The molecule has 0 bridgehead atoms. The van der Waals surface area contributed by atoms with Crippen LogP contribution in [-0.2, 0) is 6.42 Å². The molecule has 0 spiro atoms. The SMILES string of the molecule is CCOc1ccc(CCC[C@H](N)C(F)(F)F)cc1. The van der Waals surface area contributed by atoms with Gasteiger partial charge in [-0.1, -0.05) is 12.1 Å².